The first-order valence-corrected chi connectivity index (χ1v) is 5.95. The molecule has 5 heteroatoms. The minimum atomic E-state index is -3.00. The summed E-state index contributed by atoms with van der Waals surface area (Å²) in [5.41, 5.74) is 0. The fourth-order valence-corrected chi connectivity index (χ4v) is 2.44. The maximum atomic E-state index is 11.0. The summed E-state index contributed by atoms with van der Waals surface area (Å²) in [4.78, 5) is 0. The van der Waals surface area contributed by atoms with Crippen LogP contribution in [0.25, 0.3) is 0 Å². The smallest absolute Gasteiger partial charge is 0.211 e. The van der Waals surface area contributed by atoms with E-state index in [1.807, 2.05) is 0 Å². The highest BCUT2D eigenvalue weighted by atomic mass is 32.2. The van der Waals surface area contributed by atoms with Gasteiger partial charge in [-0.1, -0.05) is 0 Å². The molecule has 0 unspecified atom stereocenters. The Morgan fingerprint density at radius 1 is 1.58 bits per heavy atom. The highest BCUT2D eigenvalue weighted by Gasteiger charge is 2.27. The second-order valence-corrected chi connectivity index (χ2v) is 5.27. The number of nitrogens with zero attached hydrogens (tertiary/aromatic N) is 1. The van der Waals surface area contributed by atoms with Gasteiger partial charge in [-0.25, -0.2) is 12.7 Å². The van der Waals surface area contributed by atoms with Crippen LogP contribution in [0.3, 0.4) is 0 Å². The van der Waals surface area contributed by atoms with Gasteiger partial charge in [-0.2, -0.15) is 0 Å². The maximum Gasteiger partial charge on any atom is 0.211 e. The molecule has 1 saturated heterocycles. The molecular weight excluding hydrogens is 178 g/mol. The zero-order valence-electron chi connectivity index (χ0n) is 7.23. The zero-order chi connectivity index (χ0) is 9.19. The van der Waals surface area contributed by atoms with Crippen molar-refractivity contribution in [2.24, 2.45) is 5.92 Å². The van der Waals surface area contributed by atoms with E-state index in [1.165, 1.54) is 10.6 Å². The fraction of sp³-hybridized carbons (Fsp3) is 1.00. The Morgan fingerprint density at radius 2 is 2.25 bits per heavy atom. The minimum absolute atomic E-state index is 0.155. The maximum absolute atomic E-state index is 11.0. The van der Waals surface area contributed by atoms with Crippen molar-refractivity contribution < 1.29 is 13.5 Å². The summed E-state index contributed by atoms with van der Waals surface area (Å²) < 4.78 is 23.6. The summed E-state index contributed by atoms with van der Waals surface area (Å²) in [7, 11) is -3.00. The van der Waals surface area contributed by atoms with Gasteiger partial charge in [0.2, 0.25) is 10.0 Å². The Bertz CT molecular complexity index is 237. The Labute approximate surface area is 73.2 Å². The molecule has 0 bridgehead atoms. The largest absolute Gasteiger partial charge is 0.396 e. The highest BCUT2D eigenvalue weighted by molar-refractivity contribution is 7.88. The Balaban J connectivity index is 2.46. The van der Waals surface area contributed by atoms with Crippen molar-refractivity contribution in [2.75, 3.05) is 26.0 Å². The number of rotatable bonds is 3. The van der Waals surface area contributed by atoms with Crippen LogP contribution < -0.4 is 0 Å². The third-order valence-corrected chi connectivity index (χ3v) is 3.52. The van der Waals surface area contributed by atoms with Crippen LogP contribution in [0, 0.1) is 5.92 Å². The highest BCUT2D eigenvalue weighted by Crippen LogP contribution is 2.20. The molecule has 12 heavy (non-hydrogen) atoms. The molecule has 1 aliphatic heterocycles. The molecule has 0 aromatic carbocycles. The van der Waals surface area contributed by atoms with Crippen LogP contribution in [0.15, 0.2) is 0 Å². The topological polar surface area (TPSA) is 57.6 Å². The molecule has 0 aliphatic carbocycles. The Morgan fingerprint density at radius 3 is 2.67 bits per heavy atom. The van der Waals surface area contributed by atoms with Crippen LogP contribution in [0.1, 0.15) is 12.8 Å². The van der Waals surface area contributed by atoms with Crippen molar-refractivity contribution in [3.05, 3.63) is 0 Å². The van der Waals surface area contributed by atoms with Crippen molar-refractivity contribution in [2.45, 2.75) is 12.8 Å². The van der Waals surface area contributed by atoms with Gasteiger partial charge in [0, 0.05) is 19.7 Å². The number of hydrogen-bond acceptors (Lipinski definition) is 3. The quantitative estimate of drug-likeness (QED) is 0.666. The molecule has 0 aromatic rings. The van der Waals surface area contributed by atoms with Crippen molar-refractivity contribution in [3.8, 4) is 0 Å². The van der Waals surface area contributed by atoms with E-state index >= 15 is 0 Å². The van der Waals surface area contributed by atoms with E-state index < -0.39 is 10.0 Å². The summed E-state index contributed by atoms with van der Waals surface area (Å²) in [6.45, 7) is 1.35. The Kier molecular flexibility index (Phi) is 3.09. The summed E-state index contributed by atoms with van der Waals surface area (Å²) >= 11 is 0. The van der Waals surface area contributed by atoms with Crippen LogP contribution in [0.4, 0.5) is 0 Å². The van der Waals surface area contributed by atoms with Crippen molar-refractivity contribution in [3.63, 3.8) is 0 Å². The van der Waals surface area contributed by atoms with E-state index in [4.69, 9.17) is 5.11 Å². The molecule has 1 aliphatic rings. The van der Waals surface area contributed by atoms with Crippen molar-refractivity contribution in [1.29, 1.82) is 0 Å². The lowest BCUT2D eigenvalue weighted by Gasteiger charge is -2.12. The number of sulfonamides is 1. The number of aliphatic hydroxyl groups is 1. The second kappa shape index (κ2) is 3.72. The average Bonchev–Trinajstić information content (AvgIpc) is 2.35. The predicted octanol–water partition coefficient (Wildman–Crippen LogP) is -0.350. The lowest BCUT2D eigenvalue weighted by molar-refractivity contribution is 0.260. The van der Waals surface area contributed by atoms with Gasteiger partial charge < -0.3 is 5.11 Å². The van der Waals surface area contributed by atoms with Gasteiger partial charge >= 0.3 is 0 Å². The third kappa shape index (κ3) is 2.43. The molecule has 1 rings (SSSR count). The predicted molar refractivity (Wildman–Crippen MR) is 46.2 cm³/mol. The van der Waals surface area contributed by atoms with Crippen molar-refractivity contribution in [1.82, 2.24) is 4.31 Å². The van der Waals surface area contributed by atoms with E-state index in [2.05, 4.69) is 0 Å². The van der Waals surface area contributed by atoms with Crippen LogP contribution >= 0.6 is 0 Å². The monoisotopic (exact) mass is 193 g/mol. The first-order valence-electron chi connectivity index (χ1n) is 4.10. The van der Waals surface area contributed by atoms with Gasteiger partial charge in [0.1, 0.15) is 0 Å². The van der Waals surface area contributed by atoms with Crippen LogP contribution in [-0.4, -0.2) is 43.8 Å². The first-order chi connectivity index (χ1) is 5.54. The lowest BCUT2D eigenvalue weighted by Crippen LogP contribution is -2.27. The average molecular weight is 193 g/mol. The van der Waals surface area contributed by atoms with E-state index in [0.29, 0.717) is 25.4 Å². The summed E-state index contributed by atoms with van der Waals surface area (Å²) in [5, 5.41) is 8.65. The van der Waals surface area contributed by atoms with E-state index in [1.54, 1.807) is 0 Å². The third-order valence-electron chi connectivity index (χ3n) is 2.25. The molecule has 0 spiro atoms. The summed E-state index contributed by atoms with van der Waals surface area (Å²) in [5.74, 6) is 0.352. The standard InChI is InChI=1S/C7H15NO3S/c1-12(10,11)8-4-2-7(6-8)3-5-9/h7,9H,2-6H2,1H3/t7-/m1/s1. The van der Waals surface area contributed by atoms with E-state index in [9.17, 15) is 8.42 Å². The van der Waals surface area contributed by atoms with Gasteiger partial charge in [0.15, 0.2) is 0 Å². The van der Waals surface area contributed by atoms with Gasteiger partial charge in [-0.3, -0.25) is 0 Å². The van der Waals surface area contributed by atoms with Gasteiger partial charge in [-0.05, 0) is 18.8 Å². The molecule has 1 N–H and O–H groups in total. The Hall–Kier alpha value is -0.130. The fourth-order valence-electron chi connectivity index (χ4n) is 1.52. The van der Waals surface area contributed by atoms with Crippen LogP contribution in [0.2, 0.25) is 0 Å². The lowest BCUT2D eigenvalue weighted by atomic mass is 10.1. The summed E-state index contributed by atoms with van der Waals surface area (Å²) in [6.07, 6.45) is 2.83. The first kappa shape index (κ1) is 9.95. The molecule has 1 fully saturated rings. The molecule has 0 radical (unpaired) electrons. The number of aliphatic hydroxyl groups excluding tert-OH is 1. The molecular formula is C7H15NO3S. The number of hydrogen-bond donors (Lipinski definition) is 1. The van der Waals surface area contributed by atoms with E-state index in [-0.39, 0.29) is 6.61 Å². The summed E-state index contributed by atoms with van der Waals surface area (Å²) in [6, 6.07) is 0. The van der Waals surface area contributed by atoms with E-state index in [0.717, 1.165) is 6.42 Å². The second-order valence-electron chi connectivity index (χ2n) is 3.29. The molecule has 4 nitrogen and oxygen atoms in total. The normalized spacial score (nSPS) is 26.3. The van der Waals surface area contributed by atoms with Crippen LogP contribution in [-0.2, 0) is 10.0 Å². The van der Waals surface area contributed by atoms with Gasteiger partial charge in [-0.15, -0.1) is 0 Å². The molecule has 0 amide bonds. The van der Waals surface area contributed by atoms with Crippen LogP contribution in [0.5, 0.6) is 0 Å². The SMILES string of the molecule is CS(=O)(=O)N1CC[C@H](CCO)C1. The molecule has 1 heterocycles. The minimum Gasteiger partial charge on any atom is -0.396 e. The zero-order valence-corrected chi connectivity index (χ0v) is 8.05. The molecule has 1 atom stereocenters. The molecule has 0 aromatic heterocycles. The molecule has 72 valence electrons. The molecule has 0 saturated carbocycles. The van der Waals surface area contributed by atoms with Gasteiger partial charge in [0.25, 0.3) is 0 Å². The van der Waals surface area contributed by atoms with Gasteiger partial charge in [0.05, 0.1) is 6.26 Å². The van der Waals surface area contributed by atoms with Crippen molar-refractivity contribution >= 4 is 10.0 Å².